The molecule has 0 aromatic heterocycles. The molecule has 2 aliphatic heterocycles. The van der Waals surface area contributed by atoms with Crippen LogP contribution in [0, 0.1) is 0 Å². The molecule has 2 heterocycles. The number of nitrogens with zero attached hydrogens (tertiary/aromatic N) is 1. The molecule has 270 valence electrons. The summed E-state index contributed by atoms with van der Waals surface area (Å²) in [6.45, 7) is 2.57. The molecule has 0 spiro atoms. The molecule has 1 fully saturated rings. The minimum Gasteiger partial charge on any atom is -0.493 e. The van der Waals surface area contributed by atoms with Crippen molar-refractivity contribution in [1.82, 2.24) is 9.62 Å². The molecule has 2 N–H and O–H groups in total. The van der Waals surface area contributed by atoms with E-state index in [4.69, 9.17) is 18.9 Å². The number of ether oxygens (including phenoxy) is 4. The maximum absolute atomic E-state index is 12.9. The van der Waals surface area contributed by atoms with Crippen LogP contribution in [-0.4, -0.2) is 51.8 Å². The summed E-state index contributed by atoms with van der Waals surface area (Å²) in [5, 5.41) is 9.62. The molecule has 0 amide bonds. The molecule has 0 bridgehead atoms. The molecule has 7 rings (SSSR count). The van der Waals surface area contributed by atoms with Gasteiger partial charge in [-0.05, 0) is 69.6 Å². The highest BCUT2D eigenvalue weighted by Crippen LogP contribution is 2.40. The van der Waals surface area contributed by atoms with E-state index in [0.717, 1.165) is 70.9 Å². The van der Waals surface area contributed by atoms with E-state index in [-0.39, 0.29) is 30.3 Å². The first-order valence-corrected chi connectivity index (χ1v) is 19.0. The molecule has 5 aromatic carbocycles. The van der Waals surface area contributed by atoms with E-state index in [9.17, 15) is 13.5 Å². The average Bonchev–Trinajstić information content (AvgIpc) is 3.20. The average molecular weight is 721 g/mol. The van der Waals surface area contributed by atoms with Gasteiger partial charge in [-0.1, -0.05) is 91.0 Å². The van der Waals surface area contributed by atoms with Gasteiger partial charge in [0.2, 0.25) is 10.0 Å². The molecular weight excluding hydrogens is 677 g/mol. The van der Waals surface area contributed by atoms with Crippen LogP contribution in [0.15, 0.2) is 120 Å². The van der Waals surface area contributed by atoms with Gasteiger partial charge in [0.05, 0.1) is 37.9 Å². The molecule has 0 radical (unpaired) electrons. The maximum Gasteiger partial charge on any atom is 0.240 e. The van der Waals surface area contributed by atoms with Gasteiger partial charge in [-0.15, -0.1) is 0 Å². The summed E-state index contributed by atoms with van der Waals surface area (Å²) in [6, 6.07) is 36.4. The molecule has 5 aromatic rings. The first kappa shape index (κ1) is 35.8. The fourth-order valence-electron chi connectivity index (χ4n) is 7.05. The topological polar surface area (TPSA) is 107 Å². The highest BCUT2D eigenvalue weighted by atomic mass is 32.2. The second-order valence-corrected chi connectivity index (χ2v) is 15.0. The lowest BCUT2D eigenvalue weighted by molar-refractivity contribution is -0.253. The predicted octanol–water partition coefficient (Wildman–Crippen LogP) is 6.95. The Morgan fingerprint density at radius 1 is 0.808 bits per heavy atom. The molecule has 10 heteroatoms. The van der Waals surface area contributed by atoms with Crippen LogP contribution in [0.2, 0.25) is 0 Å². The van der Waals surface area contributed by atoms with Gasteiger partial charge in [0.25, 0.3) is 0 Å². The lowest BCUT2D eigenvalue weighted by atomic mass is 9.96. The number of aliphatic hydroxyl groups excluding tert-OH is 1. The number of rotatable bonds is 12. The second-order valence-electron chi connectivity index (χ2n) is 13.2. The van der Waals surface area contributed by atoms with E-state index in [2.05, 4.69) is 21.8 Å². The molecule has 1 saturated heterocycles. The van der Waals surface area contributed by atoms with Gasteiger partial charge >= 0.3 is 0 Å². The van der Waals surface area contributed by atoms with Gasteiger partial charge in [0, 0.05) is 38.2 Å². The van der Waals surface area contributed by atoms with Crippen molar-refractivity contribution in [2.75, 3.05) is 27.3 Å². The Morgan fingerprint density at radius 2 is 1.48 bits per heavy atom. The normalized spacial score (nSPS) is 19.2. The van der Waals surface area contributed by atoms with Gasteiger partial charge < -0.3 is 24.1 Å². The quantitative estimate of drug-likeness (QED) is 0.143. The lowest BCUT2D eigenvalue weighted by Crippen LogP contribution is -2.41. The summed E-state index contributed by atoms with van der Waals surface area (Å²) in [4.78, 5) is 2.66. The number of hydrogen-bond donors (Lipinski definition) is 2. The van der Waals surface area contributed by atoms with Crippen LogP contribution in [0.1, 0.15) is 52.2 Å². The first-order valence-electron chi connectivity index (χ1n) is 17.5. The highest BCUT2D eigenvalue weighted by Gasteiger charge is 2.34. The van der Waals surface area contributed by atoms with Gasteiger partial charge in [0.1, 0.15) is 0 Å². The Morgan fingerprint density at radius 3 is 2.19 bits per heavy atom. The number of nitrogens with one attached hydrogen (secondary N) is 1. The summed E-state index contributed by atoms with van der Waals surface area (Å²) in [6.07, 6.45) is 0.709. The van der Waals surface area contributed by atoms with E-state index < -0.39 is 16.3 Å². The number of fused-ring (bicyclic) bond motifs is 1. The van der Waals surface area contributed by atoms with Crippen molar-refractivity contribution in [2.24, 2.45) is 0 Å². The Kier molecular flexibility index (Phi) is 11.0. The summed E-state index contributed by atoms with van der Waals surface area (Å²) >= 11 is 0. The molecule has 3 atom stereocenters. The van der Waals surface area contributed by atoms with E-state index in [1.165, 1.54) is 11.1 Å². The third kappa shape index (κ3) is 8.08. The summed E-state index contributed by atoms with van der Waals surface area (Å²) in [5.41, 5.74) is 8.06. The fourth-order valence-corrected chi connectivity index (χ4v) is 8.08. The van der Waals surface area contributed by atoms with Crippen LogP contribution in [0.4, 0.5) is 0 Å². The summed E-state index contributed by atoms with van der Waals surface area (Å²) in [7, 11) is -0.329. The smallest absolute Gasteiger partial charge is 0.240 e. The van der Waals surface area contributed by atoms with Gasteiger partial charge in [-0.2, -0.15) is 0 Å². The molecule has 0 aliphatic carbocycles. The molecular formula is C42H44N2O7S. The van der Waals surface area contributed by atoms with E-state index in [0.29, 0.717) is 6.42 Å². The zero-order valence-electron chi connectivity index (χ0n) is 29.4. The molecule has 52 heavy (non-hydrogen) atoms. The third-order valence-corrected chi connectivity index (χ3v) is 11.3. The summed E-state index contributed by atoms with van der Waals surface area (Å²) < 4.78 is 53.1. The SMILES string of the molecule is COc1cc2c(cc1OC)CN(C[C@H]1C[C@@H](c3ccc(CO)cc3)O[C@@H](c3ccc(-c4ccccc4CNS(=O)(=O)c4ccccc4)cc3)O1)CC2. The van der Waals surface area contributed by atoms with Gasteiger partial charge in [-0.25, -0.2) is 13.1 Å². The minimum absolute atomic E-state index is 0.0123. The Balaban J connectivity index is 1.09. The van der Waals surface area contributed by atoms with Crippen LogP contribution < -0.4 is 14.2 Å². The van der Waals surface area contributed by atoms with Crippen LogP contribution >= 0.6 is 0 Å². The van der Waals surface area contributed by atoms with Crippen LogP contribution in [0.5, 0.6) is 11.5 Å². The zero-order chi connectivity index (χ0) is 36.1. The second kappa shape index (κ2) is 16.0. The maximum atomic E-state index is 12.9. The predicted molar refractivity (Wildman–Crippen MR) is 199 cm³/mol. The minimum atomic E-state index is -3.66. The first-order chi connectivity index (χ1) is 25.3. The lowest BCUT2D eigenvalue weighted by Gasteiger charge is -2.39. The third-order valence-electron chi connectivity index (χ3n) is 9.89. The molecule has 9 nitrogen and oxygen atoms in total. The number of methoxy groups -OCH3 is 2. The standard InChI is InChI=1S/C42H44N2O7S/c1-48-40-22-33-20-21-44(26-35(33)23-41(40)49-2)27-36-24-39(31-14-12-29(28-45)13-15-31)51-42(50-36)32-18-16-30(17-19-32)38-11-7-6-8-34(38)25-43-52(46,47)37-9-4-3-5-10-37/h3-19,22-23,36,39,42-43,45H,20-21,24-28H2,1-2H3/t36-,39+,42+/m1/s1. The number of aliphatic hydroxyl groups is 1. The number of sulfonamides is 1. The largest absolute Gasteiger partial charge is 0.493 e. The van der Waals surface area contributed by atoms with E-state index in [1.807, 2.05) is 72.8 Å². The van der Waals surface area contributed by atoms with Gasteiger partial charge in [0.15, 0.2) is 17.8 Å². The van der Waals surface area contributed by atoms with Crippen molar-refractivity contribution < 1.29 is 32.5 Å². The Labute approximate surface area is 305 Å². The Bertz CT molecular complexity index is 2070. The van der Waals surface area contributed by atoms with Crippen molar-refractivity contribution in [3.8, 4) is 22.6 Å². The van der Waals surface area contributed by atoms with Crippen LogP contribution in [0.25, 0.3) is 11.1 Å². The fraction of sp³-hybridized carbons (Fsp3) is 0.286. The van der Waals surface area contributed by atoms with Gasteiger partial charge in [-0.3, -0.25) is 4.90 Å². The number of hydrogen-bond acceptors (Lipinski definition) is 8. The van der Waals surface area contributed by atoms with E-state index >= 15 is 0 Å². The van der Waals surface area contributed by atoms with Crippen molar-refractivity contribution in [3.05, 3.63) is 149 Å². The van der Waals surface area contributed by atoms with Crippen molar-refractivity contribution in [3.63, 3.8) is 0 Å². The molecule has 2 aliphatic rings. The van der Waals surface area contributed by atoms with E-state index in [1.54, 1.807) is 44.6 Å². The highest BCUT2D eigenvalue weighted by molar-refractivity contribution is 7.89. The number of benzene rings is 5. The summed E-state index contributed by atoms with van der Waals surface area (Å²) in [5.74, 6) is 1.49. The van der Waals surface area contributed by atoms with Crippen molar-refractivity contribution >= 4 is 10.0 Å². The van der Waals surface area contributed by atoms with Crippen LogP contribution in [0.3, 0.4) is 0 Å². The van der Waals surface area contributed by atoms with Crippen LogP contribution in [-0.2, 0) is 45.6 Å². The van der Waals surface area contributed by atoms with Crippen molar-refractivity contribution in [2.45, 2.75) is 55.9 Å². The monoisotopic (exact) mass is 720 g/mol. The van der Waals surface area contributed by atoms with Crippen molar-refractivity contribution in [1.29, 1.82) is 0 Å². The molecule has 0 saturated carbocycles. The Hall–Kier alpha value is -4.55. The zero-order valence-corrected chi connectivity index (χ0v) is 30.2. The molecule has 0 unspecified atom stereocenters.